The summed E-state index contributed by atoms with van der Waals surface area (Å²) in [6.07, 6.45) is 0.448. The molecule has 0 bridgehead atoms. The minimum atomic E-state index is -0.452. The highest BCUT2D eigenvalue weighted by atomic mass is 16.6. The molecule has 4 N–H and O–H groups in total. The summed E-state index contributed by atoms with van der Waals surface area (Å²) in [4.78, 5) is 11.4. The smallest absolute Gasteiger partial charge is 0.407 e. The number of amides is 1. The molecule has 0 atom stereocenters. The quantitative estimate of drug-likeness (QED) is 0.565. The first-order valence-electron chi connectivity index (χ1n) is 6.43. The molecule has 0 aliphatic heterocycles. The van der Waals surface area contributed by atoms with Crippen LogP contribution in [0, 0.1) is 0 Å². The molecule has 0 radical (unpaired) electrons. The average molecular weight is 265 g/mol. The van der Waals surface area contributed by atoms with Crippen LogP contribution in [0.3, 0.4) is 0 Å². The Bertz CT molecular complexity index is 396. The van der Waals surface area contributed by atoms with Gasteiger partial charge in [0.1, 0.15) is 5.60 Å². The average Bonchev–Trinajstić information content (AvgIpc) is 2.29. The molecule has 19 heavy (non-hydrogen) atoms. The number of carbonyl (C=O) groups is 1. The number of ether oxygens (including phenoxy) is 1. The number of hydrogen-bond acceptors (Lipinski definition) is 4. The van der Waals surface area contributed by atoms with E-state index < -0.39 is 5.60 Å². The van der Waals surface area contributed by atoms with Gasteiger partial charge in [-0.3, -0.25) is 0 Å². The van der Waals surface area contributed by atoms with E-state index in [1.807, 2.05) is 45.0 Å². The Morgan fingerprint density at radius 3 is 2.42 bits per heavy atom. The van der Waals surface area contributed by atoms with Crippen molar-refractivity contribution in [2.45, 2.75) is 32.8 Å². The molecule has 5 heteroatoms. The number of anilines is 2. The molecule has 1 aromatic carbocycles. The zero-order valence-electron chi connectivity index (χ0n) is 11.8. The molecule has 0 fully saturated rings. The van der Waals surface area contributed by atoms with Crippen molar-refractivity contribution in [3.63, 3.8) is 0 Å². The maximum atomic E-state index is 11.4. The van der Waals surface area contributed by atoms with E-state index in [1.165, 1.54) is 0 Å². The minimum Gasteiger partial charge on any atom is -0.444 e. The summed E-state index contributed by atoms with van der Waals surface area (Å²) < 4.78 is 5.13. The molecule has 1 aromatic rings. The predicted molar refractivity (Wildman–Crippen MR) is 78.2 cm³/mol. The van der Waals surface area contributed by atoms with E-state index in [1.54, 1.807) is 0 Å². The standard InChI is InChI=1S/C14H23N3O2/c1-14(2,3)19-13(18)17-10-4-9-16-12-7-5-11(15)6-8-12/h5-8,16H,4,9-10,15H2,1-3H3,(H,17,18). The van der Waals surface area contributed by atoms with Gasteiger partial charge in [0.25, 0.3) is 0 Å². The summed E-state index contributed by atoms with van der Waals surface area (Å²) in [6.45, 7) is 6.89. The second-order valence-corrected chi connectivity index (χ2v) is 5.33. The van der Waals surface area contributed by atoms with Gasteiger partial charge in [-0.25, -0.2) is 4.79 Å². The van der Waals surface area contributed by atoms with Crippen LogP contribution in [-0.2, 0) is 4.74 Å². The van der Waals surface area contributed by atoms with Gasteiger partial charge in [-0.1, -0.05) is 0 Å². The van der Waals surface area contributed by atoms with Crippen LogP contribution in [0.1, 0.15) is 27.2 Å². The van der Waals surface area contributed by atoms with Crippen molar-refractivity contribution in [2.24, 2.45) is 0 Å². The molecule has 0 spiro atoms. The van der Waals surface area contributed by atoms with Crippen molar-refractivity contribution in [2.75, 3.05) is 24.1 Å². The summed E-state index contributed by atoms with van der Waals surface area (Å²) in [7, 11) is 0. The number of carbonyl (C=O) groups excluding carboxylic acids is 1. The van der Waals surface area contributed by atoms with Crippen LogP contribution in [0.25, 0.3) is 0 Å². The molecule has 5 nitrogen and oxygen atoms in total. The first-order chi connectivity index (χ1) is 8.87. The molecular weight excluding hydrogens is 242 g/mol. The van der Waals surface area contributed by atoms with Crippen molar-refractivity contribution < 1.29 is 9.53 Å². The van der Waals surface area contributed by atoms with Gasteiger partial charge in [0, 0.05) is 24.5 Å². The summed E-state index contributed by atoms with van der Waals surface area (Å²) in [6, 6.07) is 7.55. The maximum absolute atomic E-state index is 11.4. The maximum Gasteiger partial charge on any atom is 0.407 e. The topological polar surface area (TPSA) is 76.4 Å². The third-order valence-corrected chi connectivity index (χ3v) is 2.26. The van der Waals surface area contributed by atoms with Crippen molar-refractivity contribution >= 4 is 17.5 Å². The van der Waals surface area contributed by atoms with Gasteiger partial charge in [0.05, 0.1) is 0 Å². The number of rotatable bonds is 5. The molecule has 1 amide bonds. The van der Waals surface area contributed by atoms with Gasteiger partial charge in [-0.05, 0) is 51.5 Å². The van der Waals surface area contributed by atoms with Crippen LogP contribution in [0.2, 0.25) is 0 Å². The molecule has 0 heterocycles. The van der Waals surface area contributed by atoms with Crippen LogP contribution in [0.15, 0.2) is 24.3 Å². The number of alkyl carbamates (subject to hydrolysis) is 1. The Hall–Kier alpha value is -1.91. The van der Waals surface area contributed by atoms with E-state index in [2.05, 4.69) is 10.6 Å². The summed E-state index contributed by atoms with van der Waals surface area (Å²) in [5.74, 6) is 0. The molecule has 106 valence electrons. The number of nitrogens with one attached hydrogen (secondary N) is 2. The van der Waals surface area contributed by atoms with Gasteiger partial charge in [-0.2, -0.15) is 0 Å². The Balaban J connectivity index is 2.11. The van der Waals surface area contributed by atoms with E-state index in [0.717, 1.165) is 24.3 Å². The van der Waals surface area contributed by atoms with Crippen LogP contribution < -0.4 is 16.4 Å². The summed E-state index contributed by atoms with van der Waals surface area (Å²) in [5.41, 5.74) is 6.91. The molecule has 0 aliphatic carbocycles. The predicted octanol–water partition coefficient (Wildman–Crippen LogP) is 2.60. The SMILES string of the molecule is CC(C)(C)OC(=O)NCCCNc1ccc(N)cc1. The number of nitrogens with two attached hydrogens (primary N) is 1. The molecule has 0 saturated heterocycles. The highest BCUT2D eigenvalue weighted by Crippen LogP contribution is 2.10. The second kappa shape index (κ2) is 6.87. The zero-order chi connectivity index (χ0) is 14.3. The second-order valence-electron chi connectivity index (χ2n) is 5.33. The lowest BCUT2D eigenvalue weighted by molar-refractivity contribution is 0.0528. The molecule has 0 aromatic heterocycles. The lowest BCUT2D eigenvalue weighted by Crippen LogP contribution is -2.33. The number of benzene rings is 1. The Labute approximate surface area is 114 Å². The third-order valence-electron chi connectivity index (χ3n) is 2.26. The van der Waals surface area contributed by atoms with Gasteiger partial charge in [-0.15, -0.1) is 0 Å². The number of hydrogen-bond donors (Lipinski definition) is 3. The van der Waals surface area contributed by atoms with Gasteiger partial charge in [0.2, 0.25) is 0 Å². The van der Waals surface area contributed by atoms with Crippen LogP contribution in [-0.4, -0.2) is 24.8 Å². The van der Waals surface area contributed by atoms with E-state index in [0.29, 0.717) is 6.54 Å². The van der Waals surface area contributed by atoms with E-state index in [4.69, 9.17) is 10.5 Å². The fourth-order valence-corrected chi connectivity index (χ4v) is 1.43. The van der Waals surface area contributed by atoms with Gasteiger partial charge < -0.3 is 21.1 Å². The third kappa shape index (κ3) is 7.18. The lowest BCUT2D eigenvalue weighted by Gasteiger charge is -2.19. The fourth-order valence-electron chi connectivity index (χ4n) is 1.43. The molecule has 0 aliphatic rings. The van der Waals surface area contributed by atoms with Crippen molar-refractivity contribution in [1.29, 1.82) is 0 Å². The van der Waals surface area contributed by atoms with Crippen molar-refractivity contribution in [1.82, 2.24) is 5.32 Å². The van der Waals surface area contributed by atoms with E-state index in [-0.39, 0.29) is 6.09 Å². The first-order valence-corrected chi connectivity index (χ1v) is 6.43. The zero-order valence-corrected chi connectivity index (χ0v) is 11.8. The molecule has 1 rings (SSSR count). The van der Waals surface area contributed by atoms with Crippen LogP contribution >= 0.6 is 0 Å². The van der Waals surface area contributed by atoms with Crippen molar-refractivity contribution in [3.8, 4) is 0 Å². The van der Waals surface area contributed by atoms with E-state index >= 15 is 0 Å². The van der Waals surface area contributed by atoms with Crippen LogP contribution in [0.5, 0.6) is 0 Å². The Morgan fingerprint density at radius 2 is 1.84 bits per heavy atom. The largest absolute Gasteiger partial charge is 0.444 e. The highest BCUT2D eigenvalue weighted by Gasteiger charge is 2.15. The lowest BCUT2D eigenvalue weighted by atomic mass is 10.2. The van der Waals surface area contributed by atoms with Crippen molar-refractivity contribution in [3.05, 3.63) is 24.3 Å². The van der Waals surface area contributed by atoms with Gasteiger partial charge >= 0.3 is 6.09 Å². The molecular formula is C14H23N3O2. The van der Waals surface area contributed by atoms with Gasteiger partial charge in [0.15, 0.2) is 0 Å². The number of nitrogen functional groups attached to an aromatic ring is 1. The Morgan fingerprint density at radius 1 is 1.21 bits per heavy atom. The Kier molecular flexibility index (Phi) is 5.48. The highest BCUT2D eigenvalue weighted by molar-refractivity contribution is 5.67. The first kappa shape index (κ1) is 15.1. The van der Waals surface area contributed by atoms with E-state index in [9.17, 15) is 4.79 Å². The molecule has 0 unspecified atom stereocenters. The van der Waals surface area contributed by atoms with Crippen LogP contribution in [0.4, 0.5) is 16.2 Å². The normalized spacial score (nSPS) is 10.9. The summed E-state index contributed by atoms with van der Waals surface area (Å²) >= 11 is 0. The monoisotopic (exact) mass is 265 g/mol. The minimum absolute atomic E-state index is 0.375. The summed E-state index contributed by atoms with van der Waals surface area (Å²) in [5, 5.41) is 5.96. The molecule has 0 saturated carbocycles. The fraction of sp³-hybridized carbons (Fsp3) is 0.500.